The fourth-order valence-corrected chi connectivity index (χ4v) is 2.90. The Bertz CT molecular complexity index is 1080. The van der Waals surface area contributed by atoms with Crippen LogP contribution in [0.15, 0.2) is 71.5 Å². The number of aliphatic carboxylic acids is 1. The first kappa shape index (κ1) is 20.8. The Kier molecular flexibility index (Phi) is 6.59. The van der Waals surface area contributed by atoms with Crippen LogP contribution in [0.1, 0.15) is 5.56 Å². The fourth-order valence-electron chi connectivity index (χ4n) is 2.90. The van der Waals surface area contributed by atoms with Crippen molar-refractivity contribution >= 4 is 11.9 Å². The number of hydrogen-bond acceptors (Lipinski definition) is 5. The van der Waals surface area contributed by atoms with Crippen molar-refractivity contribution in [3.8, 4) is 17.0 Å². The zero-order chi connectivity index (χ0) is 21.5. The molecule has 0 aliphatic carbocycles. The molecule has 8 nitrogen and oxygen atoms in total. The van der Waals surface area contributed by atoms with Crippen molar-refractivity contribution in [2.24, 2.45) is 0 Å². The number of methoxy groups -OCH3 is 1. The zero-order valence-electron chi connectivity index (χ0n) is 16.3. The highest BCUT2D eigenvalue weighted by Crippen LogP contribution is 2.19. The van der Waals surface area contributed by atoms with E-state index >= 15 is 0 Å². The molecule has 1 atom stereocenters. The Morgan fingerprint density at radius 1 is 1.07 bits per heavy atom. The largest absolute Gasteiger partial charge is 0.497 e. The van der Waals surface area contributed by atoms with Crippen LogP contribution in [0.5, 0.6) is 5.75 Å². The lowest BCUT2D eigenvalue weighted by molar-refractivity contribution is -0.141. The number of carbonyl (C=O) groups is 2. The average Bonchev–Trinajstić information content (AvgIpc) is 2.75. The van der Waals surface area contributed by atoms with Crippen LogP contribution in [0.25, 0.3) is 11.3 Å². The normalized spacial score (nSPS) is 11.5. The first-order chi connectivity index (χ1) is 14.5. The second kappa shape index (κ2) is 9.51. The molecule has 0 spiro atoms. The fraction of sp³-hybridized carbons (Fsp3) is 0.182. The maximum Gasteiger partial charge on any atom is 0.326 e. The maximum absolute atomic E-state index is 12.4. The molecule has 0 saturated carbocycles. The van der Waals surface area contributed by atoms with Crippen molar-refractivity contribution in [3.05, 3.63) is 82.6 Å². The van der Waals surface area contributed by atoms with Crippen LogP contribution in [0.3, 0.4) is 0 Å². The number of benzene rings is 2. The summed E-state index contributed by atoms with van der Waals surface area (Å²) >= 11 is 0. The number of carbonyl (C=O) groups excluding carboxylic acids is 1. The number of hydrogen-bond donors (Lipinski definition) is 2. The number of carboxylic acid groups (broad SMARTS) is 1. The maximum atomic E-state index is 12.4. The van der Waals surface area contributed by atoms with Crippen molar-refractivity contribution in [1.29, 1.82) is 0 Å². The summed E-state index contributed by atoms with van der Waals surface area (Å²) in [6.45, 7) is -0.388. The van der Waals surface area contributed by atoms with Gasteiger partial charge in [0.15, 0.2) is 0 Å². The number of carboxylic acids is 1. The summed E-state index contributed by atoms with van der Waals surface area (Å²) in [6, 6.07) is 17.9. The first-order valence-corrected chi connectivity index (χ1v) is 9.25. The second-order valence-corrected chi connectivity index (χ2v) is 6.59. The summed E-state index contributed by atoms with van der Waals surface area (Å²) in [5.41, 5.74) is 1.57. The van der Waals surface area contributed by atoms with Crippen molar-refractivity contribution in [1.82, 2.24) is 15.1 Å². The minimum Gasteiger partial charge on any atom is -0.497 e. The minimum atomic E-state index is -1.15. The van der Waals surface area contributed by atoms with Gasteiger partial charge in [-0.3, -0.25) is 9.59 Å². The van der Waals surface area contributed by atoms with Crippen molar-refractivity contribution in [2.45, 2.75) is 19.0 Å². The molecule has 1 heterocycles. The standard InChI is InChI=1S/C22H21N3O5/c1-30-17-9-7-16(8-10-17)18-11-12-21(27)25(24-18)14-20(26)23-19(22(28)29)13-15-5-3-2-4-6-15/h2-12,19H,13-14H2,1H3,(H,23,26)(H,28,29). The topological polar surface area (TPSA) is 111 Å². The van der Waals surface area contributed by atoms with E-state index in [0.29, 0.717) is 11.4 Å². The molecule has 0 saturated heterocycles. The van der Waals surface area contributed by atoms with E-state index < -0.39 is 23.5 Å². The monoisotopic (exact) mass is 407 g/mol. The van der Waals surface area contributed by atoms with E-state index in [1.54, 1.807) is 61.7 Å². The molecule has 8 heteroatoms. The number of nitrogens with one attached hydrogen (secondary N) is 1. The highest BCUT2D eigenvalue weighted by Gasteiger charge is 2.21. The second-order valence-electron chi connectivity index (χ2n) is 6.59. The summed E-state index contributed by atoms with van der Waals surface area (Å²) in [6.07, 6.45) is 0.135. The van der Waals surface area contributed by atoms with E-state index in [9.17, 15) is 19.5 Å². The third-order valence-electron chi connectivity index (χ3n) is 4.46. The molecule has 1 aromatic heterocycles. The lowest BCUT2D eigenvalue weighted by Gasteiger charge is -2.15. The van der Waals surface area contributed by atoms with Crippen LogP contribution in [-0.4, -0.2) is 39.9 Å². The van der Waals surface area contributed by atoms with E-state index in [-0.39, 0.29) is 13.0 Å². The molecular formula is C22H21N3O5. The molecule has 2 N–H and O–H groups in total. The molecule has 0 aliphatic heterocycles. The summed E-state index contributed by atoms with van der Waals surface area (Å²) in [7, 11) is 1.56. The van der Waals surface area contributed by atoms with Crippen LogP contribution < -0.4 is 15.6 Å². The molecule has 2 aromatic carbocycles. The summed E-state index contributed by atoms with van der Waals surface area (Å²) in [5.74, 6) is -1.08. The summed E-state index contributed by atoms with van der Waals surface area (Å²) < 4.78 is 6.13. The molecule has 30 heavy (non-hydrogen) atoms. The number of nitrogens with zero attached hydrogens (tertiary/aromatic N) is 2. The van der Waals surface area contributed by atoms with Crippen molar-refractivity contribution in [2.75, 3.05) is 7.11 Å². The molecule has 154 valence electrons. The Hall–Kier alpha value is -3.94. The van der Waals surface area contributed by atoms with Gasteiger partial charge in [0.25, 0.3) is 5.56 Å². The van der Waals surface area contributed by atoms with Crippen LogP contribution in [0.2, 0.25) is 0 Å². The van der Waals surface area contributed by atoms with Gasteiger partial charge in [0.1, 0.15) is 18.3 Å². The van der Waals surface area contributed by atoms with Gasteiger partial charge in [-0.2, -0.15) is 5.10 Å². The summed E-state index contributed by atoms with van der Waals surface area (Å²) in [4.78, 5) is 36.1. The van der Waals surface area contributed by atoms with Crippen LogP contribution in [0, 0.1) is 0 Å². The van der Waals surface area contributed by atoms with Crippen molar-refractivity contribution in [3.63, 3.8) is 0 Å². The van der Waals surface area contributed by atoms with Gasteiger partial charge in [-0.15, -0.1) is 0 Å². The van der Waals surface area contributed by atoms with E-state index in [1.165, 1.54) is 6.07 Å². The van der Waals surface area contributed by atoms with Gasteiger partial charge < -0.3 is 15.2 Å². The molecule has 3 aromatic rings. The number of rotatable bonds is 8. The molecule has 1 amide bonds. The quantitative estimate of drug-likeness (QED) is 0.588. The van der Waals surface area contributed by atoms with Gasteiger partial charge >= 0.3 is 5.97 Å². The molecule has 3 rings (SSSR count). The van der Waals surface area contributed by atoms with E-state index in [1.807, 2.05) is 6.07 Å². The van der Waals surface area contributed by atoms with Gasteiger partial charge in [-0.25, -0.2) is 9.48 Å². The Morgan fingerprint density at radius 3 is 2.40 bits per heavy atom. The Morgan fingerprint density at radius 2 is 1.77 bits per heavy atom. The van der Waals surface area contributed by atoms with Crippen LogP contribution in [0.4, 0.5) is 0 Å². The van der Waals surface area contributed by atoms with Crippen LogP contribution in [-0.2, 0) is 22.6 Å². The minimum absolute atomic E-state index is 0.135. The van der Waals surface area contributed by atoms with Gasteiger partial charge in [0.2, 0.25) is 5.91 Å². The van der Waals surface area contributed by atoms with E-state index in [2.05, 4.69) is 10.4 Å². The van der Waals surface area contributed by atoms with Crippen molar-refractivity contribution < 1.29 is 19.4 Å². The molecular weight excluding hydrogens is 386 g/mol. The highest BCUT2D eigenvalue weighted by molar-refractivity contribution is 5.83. The molecule has 0 aliphatic rings. The highest BCUT2D eigenvalue weighted by atomic mass is 16.5. The Balaban J connectivity index is 1.73. The average molecular weight is 407 g/mol. The molecule has 0 fully saturated rings. The predicted molar refractivity (Wildman–Crippen MR) is 110 cm³/mol. The SMILES string of the molecule is COc1ccc(-c2ccc(=O)n(CC(=O)NC(Cc3ccccc3)C(=O)O)n2)cc1. The number of ether oxygens (including phenoxy) is 1. The van der Waals surface area contributed by atoms with Gasteiger partial charge in [-0.1, -0.05) is 30.3 Å². The van der Waals surface area contributed by atoms with Gasteiger partial charge in [-0.05, 0) is 35.9 Å². The number of amides is 1. The predicted octanol–water partition coefficient (Wildman–Crippen LogP) is 1.73. The third-order valence-corrected chi connectivity index (χ3v) is 4.46. The van der Waals surface area contributed by atoms with Gasteiger partial charge in [0.05, 0.1) is 12.8 Å². The number of aromatic nitrogens is 2. The lowest BCUT2D eigenvalue weighted by Crippen LogP contribution is -2.44. The Labute approximate surface area is 172 Å². The summed E-state index contributed by atoms with van der Waals surface area (Å²) in [5, 5.41) is 16.1. The van der Waals surface area contributed by atoms with Crippen LogP contribution >= 0.6 is 0 Å². The zero-order valence-corrected chi connectivity index (χ0v) is 16.3. The first-order valence-electron chi connectivity index (χ1n) is 9.25. The van der Waals surface area contributed by atoms with Gasteiger partial charge in [0, 0.05) is 18.1 Å². The molecule has 0 bridgehead atoms. The van der Waals surface area contributed by atoms with E-state index in [0.717, 1.165) is 15.8 Å². The molecule has 0 radical (unpaired) electrons. The molecule has 1 unspecified atom stereocenters. The third kappa shape index (κ3) is 5.32. The smallest absolute Gasteiger partial charge is 0.326 e. The van der Waals surface area contributed by atoms with E-state index in [4.69, 9.17) is 4.74 Å². The lowest BCUT2D eigenvalue weighted by atomic mass is 10.1.